The van der Waals surface area contributed by atoms with Crippen molar-refractivity contribution >= 4 is 101 Å². The van der Waals surface area contributed by atoms with E-state index in [0.29, 0.717) is 66.5 Å². The number of hydrogen-bond acceptors (Lipinski definition) is 23. The number of nitrogens with zero attached hydrogens (tertiary/aromatic N) is 4. The van der Waals surface area contributed by atoms with Gasteiger partial charge in [-0.05, 0) is 180 Å². The predicted octanol–water partition coefficient (Wildman–Crippen LogP) is 7.77. The lowest BCUT2D eigenvalue weighted by atomic mass is 9.77. The van der Waals surface area contributed by atoms with Crippen LogP contribution in [0.15, 0.2) is 161 Å². The van der Waals surface area contributed by atoms with Gasteiger partial charge in [-0.25, -0.2) is 14.4 Å². The van der Waals surface area contributed by atoms with Crippen LogP contribution in [0.25, 0.3) is 0 Å². The molecular weight excluding hydrogens is 1740 g/mol. The number of aryl methyl sites for hydroxylation is 2. The smallest absolute Gasteiger partial charge is 0.326 e. The van der Waals surface area contributed by atoms with Crippen molar-refractivity contribution < 1.29 is 137 Å². The number of amides is 5. The minimum Gasteiger partial charge on any atom is -0.508 e. The summed E-state index contributed by atoms with van der Waals surface area (Å²) in [4.78, 5) is 115. The Hall–Kier alpha value is -11.5. The summed E-state index contributed by atoms with van der Waals surface area (Å²) in [5.74, 6) is -7.99. The second-order valence-electron chi connectivity index (χ2n) is 32.4. The number of aromatic hydroxyl groups is 2. The molecule has 2 heterocycles. The van der Waals surface area contributed by atoms with Crippen LogP contribution in [-0.2, 0) is 115 Å². The number of ether oxygens (including phenoxy) is 3. The number of carbonyl (C=O) groups excluding carboxylic acids is 4. The zero-order valence-corrected chi connectivity index (χ0v) is 74.7. The summed E-state index contributed by atoms with van der Waals surface area (Å²) in [6.45, 7) is 6.68. The molecule has 5 amide bonds. The number of phenolic OH excluding ortho intramolecular Hbond substituents is 2. The maximum absolute atomic E-state index is 13.5. The van der Waals surface area contributed by atoms with Crippen LogP contribution in [0.1, 0.15) is 150 Å². The molecule has 8 rings (SSSR count). The van der Waals surface area contributed by atoms with E-state index < -0.39 is 127 Å². The van der Waals surface area contributed by atoms with Crippen molar-refractivity contribution in [3.8, 4) is 17.2 Å². The quantitative estimate of drug-likeness (QED) is 0.0100. The van der Waals surface area contributed by atoms with Crippen molar-refractivity contribution in [1.82, 2.24) is 36.4 Å². The molecule has 5 aromatic rings. The number of para-hydroxylation sites is 2. The van der Waals surface area contributed by atoms with E-state index >= 15 is 0 Å². The number of urea groups is 1. The monoisotopic (exact) mass is 1850 g/mol. The number of hydrogen-bond donors (Lipinski definition) is 15. The normalized spacial score (nSPS) is 16.1. The number of rotatable bonds is 56. The number of unbranched alkanes of at least 4 members (excludes halogenated alkanes) is 1. The lowest BCUT2D eigenvalue weighted by Gasteiger charge is -2.31. The Kier molecular flexibility index (Phi) is 38.9. The topological polar surface area (TPSA) is 559 Å². The molecule has 2 aliphatic heterocycles. The third kappa shape index (κ3) is 33.2. The first kappa shape index (κ1) is 103. The van der Waals surface area contributed by atoms with E-state index in [1.807, 2.05) is 82.3 Å². The van der Waals surface area contributed by atoms with Gasteiger partial charge in [0.25, 0.3) is 30.4 Å². The van der Waals surface area contributed by atoms with Crippen molar-refractivity contribution in [1.29, 1.82) is 0 Å². The van der Waals surface area contributed by atoms with Crippen molar-refractivity contribution in [3.05, 3.63) is 189 Å². The Morgan fingerprint density at radius 3 is 1.64 bits per heavy atom. The highest BCUT2D eigenvalue weighted by atomic mass is 32.2. The average Bonchev–Trinajstić information content (AvgIpc) is 1.59. The van der Waals surface area contributed by atoms with E-state index in [4.69, 9.17) is 19.3 Å². The first-order chi connectivity index (χ1) is 61.1. The van der Waals surface area contributed by atoms with Gasteiger partial charge in [0.2, 0.25) is 23.4 Å². The summed E-state index contributed by atoms with van der Waals surface area (Å²) in [5.41, 5.74) is 7.47. The predicted molar refractivity (Wildman–Crippen MR) is 474 cm³/mol. The molecule has 0 fully saturated rings. The second kappa shape index (κ2) is 48.8. The van der Waals surface area contributed by atoms with Crippen molar-refractivity contribution in [2.24, 2.45) is 0 Å². The number of carboxylic acid groups (broad SMARTS) is 5. The van der Waals surface area contributed by atoms with Gasteiger partial charge >= 0.3 is 35.9 Å². The number of phenols is 2. The molecule has 37 nitrogen and oxygen atoms in total. The van der Waals surface area contributed by atoms with Gasteiger partial charge in [0.15, 0.2) is 5.71 Å². The molecule has 129 heavy (non-hydrogen) atoms. The number of nitrogens with one attached hydrogen (secondary N) is 5. The van der Waals surface area contributed by atoms with Gasteiger partial charge in [0, 0.05) is 130 Å². The highest BCUT2D eigenvalue weighted by Crippen LogP contribution is 2.51. The van der Waals surface area contributed by atoms with Crippen LogP contribution in [0.2, 0.25) is 0 Å². The average molecular weight is 1860 g/mol. The molecule has 0 spiro atoms. The number of allylic oxidation sites excluding steroid dienone is 7. The van der Waals surface area contributed by atoms with Crippen LogP contribution in [0, 0.1) is 0 Å². The van der Waals surface area contributed by atoms with E-state index in [-0.39, 0.29) is 183 Å². The number of anilines is 1. The molecule has 702 valence electrons. The largest absolute Gasteiger partial charge is 0.508 e. The Morgan fingerprint density at radius 1 is 0.558 bits per heavy atom. The molecule has 1 aliphatic carbocycles. The summed E-state index contributed by atoms with van der Waals surface area (Å²) in [5, 5.41) is 82.0. The molecule has 0 bridgehead atoms. The Morgan fingerprint density at radius 2 is 1.09 bits per heavy atom. The molecule has 40 heteroatoms. The standard InChI is InChI=1S/C89H115N9O28S3/c1-88(2)68-16-4-6-19-72(68)97(44-12-52-127(115,116)117)76(88)35-26-62-14-10-15-63(84(62)126-66-28-30-67(31-29-66)129(121,122)123)27-36-77-89(3,69-17-5-7-20-73(69)98(77)45-13-53-128(118,119)120)40-11-21-78(101)91-42-48-124-50-51-125-49-43-92-80(103)38-25-61-23-34-75(100)65(55-61)57-96(59-83(108)109)47-46-95(58-82(106)107)56-64-54-60(22-33-74(64)99)24-37-79(102)90-41-9-8-18-70(85(110)111)93-87(114)94-71(86(112)113)32-39-81(104)105/h4-7,16-17,19-20,22-23,26-31,33-36,54-55,70-71H,8-15,18,21,24-25,32,37-53,56-59H2,1-3H3,(H14-,90,91,92,93,94,99,100,101,102,103,104,105,106,107,108,109,110,111,112,113,114,115,116,117,118,119,120,121,122,123)/p+1/t70-,71-,89?/m0/s1. The fraction of sp³-hybridized carbons (Fsp3) is 0.461. The third-order valence-corrected chi connectivity index (χ3v) is 24.7. The molecule has 0 radical (unpaired) electrons. The molecule has 0 aromatic heterocycles. The summed E-state index contributed by atoms with van der Waals surface area (Å²) < 4.78 is 122. The summed E-state index contributed by atoms with van der Waals surface area (Å²) >= 11 is 0. The van der Waals surface area contributed by atoms with Gasteiger partial charge < -0.3 is 81.4 Å². The van der Waals surface area contributed by atoms with E-state index in [1.165, 1.54) is 46.2 Å². The Balaban J connectivity index is 0.784. The molecule has 0 saturated heterocycles. The van der Waals surface area contributed by atoms with Crippen LogP contribution in [0.4, 0.5) is 16.2 Å². The summed E-state index contributed by atoms with van der Waals surface area (Å²) in [6.07, 6.45) is 10.8. The zero-order chi connectivity index (χ0) is 94.2. The van der Waals surface area contributed by atoms with E-state index in [2.05, 4.69) is 47.4 Å². The van der Waals surface area contributed by atoms with E-state index in [9.17, 15) is 113 Å². The molecule has 1 unspecified atom stereocenters. The Bertz CT molecular complexity index is 5350. The number of carboxylic acids is 5. The Labute approximate surface area is 749 Å². The van der Waals surface area contributed by atoms with Crippen molar-refractivity contribution in [2.75, 3.05) is 102 Å². The van der Waals surface area contributed by atoms with Crippen LogP contribution < -0.4 is 36.2 Å². The second-order valence-corrected chi connectivity index (χ2v) is 36.9. The van der Waals surface area contributed by atoms with Gasteiger partial charge in [0.1, 0.15) is 41.6 Å². The molecule has 15 N–H and O–H groups in total. The number of benzene rings is 5. The maximum atomic E-state index is 13.5. The minimum absolute atomic E-state index is 0.00529. The molecule has 0 saturated carbocycles. The van der Waals surface area contributed by atoms with E-state index in [0.717, 1.165) is 45.1 Å². The van der Waals surface area contributed by atoms with Crippen molar-refractivity contribution in [2.45, 2.75) is 171 Å². The highest BCUT2D eigenvalue weighted by Gasteiger charge is 2.45. The summed E-state index contributed by atoms with van der Waals surface area (Å²) in [7, 11) is -13.1. The van der Waals surface area contributed by atoms with Crippen LogP contribution in [0.5, 0.6) is 17.2 Å². The van der Waals surface area contributed by atoms with E-state index in [1.54, 1.807) is 24.3 Å². The van der Waals surface area contributed by atoms with Gasteiger partial charge in [-0.3, -0.25) is 52.2 Å². The fourth-order valence-electron chi connectivity index (χ4n) is 15.7. The van der Waals surface area contributed by atoms with Gasteiger partial charge in [-0.1, -0.05) is 66.7 Å². The molecule has 3 aliphatic rings. The lowest BCUT2D eigenvalue weighted by molar-refractivity contribution is -0.437. The van der Waals surface area contributed by atoms with Crippen LogP contribution in [0.3, 0.4) is 0 Å². The molecule has 3 atom stereocenters. The lowest BCUT2D eigenvalue weighted by Crippen LogP contribution is -2.51. The van der Waals surface area contributed by atoms with Gasteiger partial charge in [-0.2, -0.15) is 29.8 Å². The summed E-state index contributed by atoms with van der Waals surface area (Å²) in [6, 6.07) is 26.1. The number of aliphatic carboxylic acids is 5. The van der Waals surface area contributed by atoms with Crippen LogP contribution in [-0.4, -0.2) is 257 Å². The number of carbonyl (C=O) groups is 9. The van der Waals surface area contributed by atoms with Gasteiger partial charge in [-0.15, -0.1) is 0 Å². The first-order valence-electron chi connectivity index (χ1n) is 42.4. The highest BCUT2D eigenvalue weighted by molar-refractivity contribution is 7.86. The molecule has 5 aromatic carbocycles. The molecular formula is C89H116N9O28S3+. The fourth-order valence-corrected chi connectivity index (χ4v) is 17.2. The third-order valence-electron chi connectivity index (χ3n) is 22.2. The SMILES string of the molecule is CC1(C)C(/C=C/C2=C(Oc3ccc(S(=O)(=O)O)cc3)C(=C/C=C3/N(CCCS(=O)(=O)O)c4ccccc4C3(C)CCCC(=O)NCCOCCOCCNC(=O)CCc3ccc(O)c(CN(CCN(CC(=O)O)Cc4cc(CCC(=O)NCCCC[C@H](NC(=O)N[C@@H](CCC(=O)O)C(=O)O)C(=O)O)ccc4O)CC(=O)O)c3)/CCC2)=[N+](CCCS(=O)(=O)O)c2ccccc21. The number of fused-ring (bicyclic) bond motifs is 2. The maximum Gasteiger partial charge on any atom is 0.326 e. The van der Waals surface area contributed by atoms with Gasteiger partial charge in [0.05, 0.1) is 61.3 Å². The minimum atomic E-state index is -4.55. The first-order valence-corrected chi connectivity index (χ1v) is 47.0. The van der Waals surface area contributed by atoms with Crippen LogP contribution >= 0.6 is 0 Å². The zero-order valence-electron chi connectivity index (χ0n) is 72.2. The van der Waals surface area contributed by atoms with Crippen molar-refractivity contribution in [3.63, 3.8) is 0 Å².